The van der Waals surface area contributed by atoms with Gasteiger partial charge in [0.1, 0.15) is 0 Å². The van der Waals surface area contributed by atoms with Crippen LogP contribution in [0.4, 0.5) is 0 Å². The van der Waals surface area contributed by atoms with Crippen LogP contribution in [0.5, 0.6) is 0 Å². The van der Waals surface area contributed by atoms with Crippen molar-refractivity contribution in [2.24, 2.45) is 5.73 Å². The molecule has 4 aromatic carbocycles. The van der Waals surface area contributed by atoms with Crippen molar-refractivity contribution in [3.8, 4) is 0 Å². The standard InChI is InChI=1S/C21H27N.C12H17N.C9H11Br.C3H7N/c1-3-9-19(10-4-1)13-7-17-22(21-15-16-21)18-8-14-20-11-5-2-6-12-20;1-2-5-11(6-3-1)7-4-10-13-12-8-9-12;10-8-4-7-9-5-2-1-3-6-9;4-3-1-2-3/h1-6,9-12,21H,7-8,13-18H2;1-3,5-6,12-13H,4,7-10H2;1-3,5-6H,4,7-8H2;3H,1-2,4H2. The van der Waals surface area contributed by atoms with Crippen LogP contribution in [0.1, 0.15) is 86.5 Å². The Balaban J connectivity index is 0.000000169. The molecule has 4 aromatic rings. The third-order valence-corrected chi connectivity index (χ3v) is 9.69. The number of alkyl halides is 1. The largest absolute Gasteiger partial charge is 0.328 e. The van der Waals surface area contributed by atoms with Crippen molar-refractivity contribution in [2.75, 3.05) is 25.0 Å². The summed E-state index contributed by atoms with van der Waals surface area (Å²) in [4.78, 5) is 2.73. The van der Waals surface area contributed by atoms with Gasteiger partial charge in [0, 0.05) is 23.5 Å². The average Bonchev–Trinajstić information content (AvgIpc) is 4.00. The summed E-state index contributed by atoms with van der Waals surface area (Å²) in [5, 5.41) is 4.63. The Kier molecular flexibility index (Phi) is 19.4. The number of hydrogen-bond donors (Lipinski definition) is 2. The van der Waals surface area contributed by atoms with Gasteiger partial charge in [-0.1, -0.05) is 137 Å². The second-order valence-corrected chi connectivity index (χ2v) is 14.7. The van der Waals surface area contributed by atoms with Gasteiger partial charge in [-0.3, -0.25) is 0 Å². The molecule has 0 amide bonds. The van der Waals surface area contributed by atoms with E-state index in [2.05, 4.69) is 147 Å². The van der Waals surface area contributed by atoms with E-state index in [1.807, 2.05) is 0 Å². The summed E-state index contributed by atoms with van der Waals surface area (Å²) in [6, 6.07) is 45.4. The first kappa shape index (κ1) is 39.0. The third-order valence-electron chi connectivity index (χ3n) is 9.13. The number of nitrogens with one attached hydrogen (secondary N) is 1. The van der Waals surface area contributed by atoms with Crippen molar-refractivity contribution >= 4 is 15.9 Å². The van der Waals surface area contributed by atoms with Crippen LogP contribution in [0.3, 0.4) is 0 Å². The molecule has 3 aliphatic carbocycles. The molecule has 49 heavy (non-hydrogen) atoms. The van der Waals surface area contributed by atoms with Gasteiger partial charge in [-0.25, -0.2) is 0 Å². The zero-order chi connectivity index (χ0) is 34.2. The normalized spacial score (nSPS) is 14.8. The molecule has 4 heteroatoms. The highest BCUT2D eigenvalue weighted by Gasteiger charge is 2.27. The molecule has 264 valence electrons. The third kappa shape index (κ3) is 19.9. The van der Waals surface area contributed by atoms with Gasteiger partial charge >= 0.3 is 0 Å². The minimum absolute atomic E-state index is 0.583. The lowest BCUT2D eigenvalue weighted by Crippen LogP contribution is -2.29. The summed E-state index contributed by atoms with van der Waals surface area (Å²) < 4.78 is 0. The first-order valence-electron chi connectivity index (χ1n) is 19.1. The van der Waals surface area contributed by atoms with Crippen molar-refractivity contribution in [1.82, 2.24) is 10.2 Å². The second-order valence-electron chi connectivity index (χ2n) is 13.9. The average molecular weight is 725 g/mol. The molecule has 0 radical (unpaired) electrons. The summed E-state index contributed by atoms with van der Waals surface area (Å²) in [7, 11) is 0. The molecule has 0 saturated heterocycles. The van der Waals surface area contributed by atoms with Crippen molar-refractivity contribution in [3.05, 3.63) is 144 Å². The minimum Gasteiger partial charge on any atom is -0.328 e. The molecule has 3 fully saturated rings. The molecule has 3 nitrogen and oxygen atoms in total. The number of rotatable bonds is 17. The minimum atomic E-state index is 0.583. The lowest BCUT2D eigenvalue weighted by Gasteiger charge is -2.22. The number of halogens is 1. The lowest BCUT2D eigenvalue weighted by molar-refractivity contribution is 0.257. The Hall–Kier alpha value is -2.76. The number of hydrogen-bond acceptors (Lipinski definition) is 3. The summed E-state index contributed by atoms with van der Waals surface area (Å²) in [5.74, 6) is 0. The molecule has 0 atom stereocenters. The highest BCUT2D eigenvalue weighted by molar-refractivity contribution is 9.09. The summed E-state index contributed by atoms with van der Waals surface area (Å²) >= 11 is 3.41. The van der Waals surface area contributed by atoms with Gasteiger partial charge < -0.3 is 16.0 Å². The predicted octanol–water partition coefficient (Wildman–Crippen LogP) is 10.2. The molecule has 3 N–H and O–H groups in total. The Bertz CT molecular complexity index is 1280. The molecule has 0 unspecified atom stereocenters. The molecule has 0 aliphatic heterocycles. The van der Waals surface area contributed by atoms with Gasteiger partial charge in [0.05, 0.1) is 0 Å². The van der Waals surface area contributed by atoms with E-state index in [4.69, 9.17) is 5.73 Å². The monoisotopic (exact) mass is 723 g/mol. The van der Waals surface area contributed by atoms with Crippen LogP contribution < -0.4 is 11.1 Å². The van der Waals surface area contributed by atoms with Crippen LogP contribution in [0.25, 0.3) is 0 Å². The maximum absolute atomic E-state index is 5.22. The fraction of sp³-hybridized carbons (Fsp3) is 0.467. The summed E-state index contributed by atoms with van der Waals surface area (Å²) in [6.07, 6.45) is 18.0. The van der Waals surface area contributed by atoms with E-state index < -0.39 is 0 Å². The smallest absolute Gasteiger partial charge is 0.00964 e. The number of benzene rings is 4. The van der Waals surface area contributed by atoms with E-state index in [1.165, 1.54) is 132 Å². The molecule has 0 spiro atoms. The van der Waals surface area contributed by atoms with Crippen LogP contribution in [-0.4, -0.2) is 48.0 Å². The van der Waals surface area contributed by atoms with Crippen LogP contribution in [0, 0.1) is 0 Å². The molecule has 0 bridgehead atoms. The first-order chi connectivity index (χ1) is 24.2. The zero-order valence-corrected chi connectivity index (χ0v) is 31.5. The summed E-state index contributed by atoms with van der Waals surface area (Å²) in [6.45, 7) is 3.70. The van der Waals surface area contributed by atoms with E-state index in [-0.39, 0.29) is 0 Å². The van der Waals surface area contributed by atoms with Crippen LogP contribution in [0.2, 0.25) is 0 Å². The maximum Gasteiger partial charge on any atom is 0.00964 e. The predicted molar refractivity (Wildman–Crippen MR) is 216 cm³/mol. The van der Waals surface area contributed by atoms with Crippen molar-refractivity contribution in [1.29, 1.82) is 0 Å². The molecular formula is C45H62BrN3. The number of nitrogens with zero attached hydrogens (tertiary/aromatic N) is 1. The Morgan fingerprint density at radius 3 is 1.20 bits per heavy atom. The van der Waals surface area contributed by atoms with Crippen molar-refractivity contribution < 1.29 is 0 Å². The second kappa shape index (κ2) is 24.4. The van der Waals surface area contributed by atoms with Gasteiger partial charge in [-0.15, -0.1) is 0 Å². The first-order valence-corrected chi connectivity index (χ1v) is 20.3. The van der Waals surface area contributed by atoms with Gasteiger partial charge in [0.2, 0.25) is 0 Å². The molecular weight excluding hydrogens is 662 g/mol. The lowest BCUT2D eigenvalue weighted by atomic mass is 10.1. The number of nitrogens with two attached hydrogens (primary N) is 1. The van der Waals surface area contributed by atoms with Gasteiger partial charge in [-0.05, 0) is 132 Å². The van der Waals surface area contributed by atoms with Crippen molar-refractivity contribution in [3.63, 3.8) is 0 Å². The highest BCUT2D eigenvalue weighted by atomic mass is 79.9. The molecule has 7 rings (SSSR count). The van der Waals surface area contributed by atoms with E-state index >= 15 is 0 Å². The maximum atomic E-state index is 5.22. The fourth-order valence-corrected chi connectivity index (χ4v) is 6.00. The van der Waals surface area contributed by atoms with Gasteiger partial charge in [-0.2, -0.15) is 0 Å². The van der Waals surface area contributed by atoms with E-state index in [0.29, 0.717) is 6.04 Å². The van der Waals surface area contributed by atoms with Crippen LogP contribution in [-0.2, 0) is 25.7 Å². The molecule has 0 aromatic heterocycles. The summed E-state index contributed by atoms with van der Waals surface area (Å²) in [5.41, 5.74) is 11.1. The Labute approximate surface area is 307 Å². The Morgan fingerprint density at radius 1 is 0.510 bits per heavy atom. The van der Waals surface area contributed by atoms with Crippen molar-refractivity contribution in [2.45, 2.75) is 108 Å². The van der Waals surface area contributed by atoms with Gasteiger partial charge in [0.25, 0.3) is 0 Å². The highest BCUT2D eigenvalue weighted by Crippen LogP contribution is 2.27. The molecule has 3 aliphatic rings. The SMILES string of the molecule is BrCCCc1ccccc1.NC1CC1.c1ccc(CCCN(CCCc2ccccc2)C2CC2)cc1.c1ccc(CCCNC2CC2)cc1. The van der Waals surface area contributed by atoms with Crippen LogP contribution >= 0.6 is 15.9 Å². The van der Waals surface area contributed by atoms with E-state index in [1.54, 1.807) is 0 Å². The zero-order valence-electron chi connectivity index (χ0n) is 29.9. The number of aryl methyl sites for hydroxylation is 4. The van der Waals surface area contributed by atoms with E-state index in [0.717, 1.165) is 17.4 Å². The Morgan fingerprint density at radius 2 is 0.878 bits per heavy atom. The molecule has 0 heterocycles. The van der Waals surface area contributed by atoms with Gasteiger partial charge in [0.15, 0.2) is 0 Å². The molecule has 3 saturated carbocycles. The van der Waals surface area contributed by atoms with Crippen LogP contribution in [0.15, 0.2) is 121 Å². The fourth-order valence-electron chi connectivity index (χ4n) is 5.72. The topological polar surface area (TPSA) is 41.3 Å². The quantitative estimate of drug-likeness (QED) is 0.0842. The van der Waals surface area contributed by atoms with E-state index in [9.17, 15) is 0 Å².